The number of carbonyl (C=O) groups excluding carboxylic acids is 2. The summed E-state index contributed by atoms with van der Waals surface area (Å²) >= 11 is 0. The molecular formula is C14H21N5O2. The van der Waals surface area contributed by atoms with Crippen molar-refractivity contribution in [2.45, 2.75) is 57.7 Å². The van der Waals surface area contributed by atoms with Gasteiger partial charge in [-0.3, -0.25) is 9.59 Å². The zero-order chi connectivity index (χ0) is 15.0. The fourth-order valence-electron chi connectivity index (χ4n) is 3.43. The Bertz CT molecular complexity index is 559. The fourth-order valence-corrected chi connectivity index (χ4v) is 3.43. The van der Waals surface area contributed by atoms with Crippen LogP contribution in [0, 0.1) is 0 Å². The molecule has 1 N–H and O–H groups in total. The van der Waals surface area contributed by atoms with Gasteiger partial charge in [0.15, 0.2) is 0 Å². The number of carbonyl (C=O) groups is 2. The molecule has 1 spiro atoms. The maximum atomic E-state index is 12.4. The molecule has 7 nitrogen and oxygen atoms in total. The van der Waals surface area contributed by atoms with Crippen molar-refractivity contribution >= 4 is 11.8 Å². The van der Waals surface area contributed by atoms with Crippen molar-refractivity contribution in [3.63, 3.8) is 0 Å². The van der Waals surface area contributed by atoms with E-state index in [1.54, 1.807) is 4.90 Å². The van der Waals surface area contributed by atoms with Crippen LogP contribution in [0.5, 0.6) is 0 Å². The molecule has 2 amide bonds. The Kier molecular flexibility index (Phi) is 3.43. The second-order valence-electron chi connectivity index (χ2n) is 6.12. The number of rotatable bonds is 3. The van der Waals surface area contributed by atoms with E-state index in [2.05, 4.69) is 15.4 Å². The van der Waals surface area contributed by atoms with E-state index in [4.69, 9.17) is 0 Å². The summed E-state index contributed by atoms with van der Waals surface area (Å²) in [4.78, 5) is 30.7. The van der Waals surface area contributed by atoms with E-state index < -0.39 is 5.54 Å². The van der Waals surface area contributed by atoms with Gasteiger partial charge in [-0.05, 0) is 26.7 Å². The number of hydrogen-bond donors (Lipinski definition) is 1. The molecular weight excluding hydrogens is 270 g/mol. The van der Waals surface area contributed by atoms with E-state index in [1.807, 2.05) is 18.5 Å². The molecule has 2 fully saturated rings. The van der Waals surface area contributed by atoms with Gasteiger partial charge in [0.25, 0.3) is 0 Å². The quantitative estimate of drug-likeness (QED) is 0.886. The molecule has 7 heteroatoms. The largest absolute Gasteiger partial charge is 0.345 e. The van der Waals surface area contributed by atoms with Crippen LogP contribution in [0.2, 0.25) is 0 Å². The lowest BCUT2D eigenvalue weighted by Gasteiger charge is -2.43. The normalized spacial score (nSPS) is 21.4. The van der Waals surface area contributed by atoms with Crippen LogP contribution in [0.3, 0.4) is 0 Å². The molecule has 2 heterocycles. The van der Waals surface area contributed by atoms with E-state index in [-0.39, 0.29) is 24.4 Å². The molecule has 0 aromatic carbocycles. The number of amides is 2. The van der Waals surface area contributed by atoms with E-state index in [1.165, 1.54) is 6.33 Å². The molecule has 0 radical (unpaired) electrons. The Hall–Kier alpha value is -1.92. The van der Waals surface area contributed by atoms with Crippen LogP contribution < -0.4 is 5.32 Å². The first-order valence-corrected chi connectivity index (χ1v) is 7.52. The molecule has 1 aromatic rings. The SMILES string of the molecule is CC(C)n1ncnc1CN1C(=O)CNC(=O)C12CCCC2. The number of nitrogens with zero attached hydrogens (tertiary/aromatic N) is 4. The third-order valence-electron chi connectivity index (χ3n) is 4.51. The van der Waals surface area contributed by atoms with Gasteiger partial charge in [-0.15, -0.1) is 0 Å². The number of nitrogens with one attached hydrogen (secondary N) is 1. The van der Waals surface area contributed by atoms with Crippen LogP contribution in [-0.2, 0) is 16.1 Å². The molecule has 21 heavy (non-hydrogen) atoms. The van der Waals surface area contributed by atoms with Gasteiger partial charge in [-0.25, -0.2) is 9.67 Å². The minimum absolute atomic E-state index is 0.0183. The lowest BCUT2D eigenvalue weighted by molar-refractivity contribution is -0.154. The minimum atomic E-state index is -0.677. The fraction of sp³-hybridized carbons (Fsp3) is 0.714. The summed E-state index contributed by atoms with van der Waals surface area (Å²) in [6.45, 7) is 4.48. The van der Waals surface area contributed by atoms with Gasteiger partial charge in [0.1, 0.15) is 17.7 Å². The van der Waals surface area contributed by atoms with E-state index >= 15 is 0 Å². The first-order valence-electron chi connectivity index (χ1n) is 7.52. The molecule has 0 bridgehead atoms. The highest BCUT2D eigenvalue weighted by Gasteiger charge is 2.51. The second kappa shape index (κ2) is 5.13. The molecule has 1 saturated carbocycles. The van der Waals surface area contributed by atoms with Gasteiger partial charge < -0.3 is 10.2 Å². The molecule has 0 atom stereocenters. The van der Waals surface area contributed by atoms with Crippen molar-refractivity contribution in [2.75, 3.05) is 6.54 Å². The highest BCUT2D eigenvalue weighted by Crippen LogP contribution is 2.38. The zero-order valence-corrected chi connectivity index (χ0v) is 12.5. The summed E-state index contributed by atoms with van der Waals surface area (Å²) in [5.41, 5.74) is -0.677. The first-order chi connectivity index (χ1) is 10.0. The van der Waals surface area contributed by atoms with Crippen LogP contribution in [0.15, 0.2) is 6.33 Å². The summed E-state index contributed by atoms with van der Waals surface area (Å²) < 4.78 is 1.81. The predicted molar refractivity (Wildman–Crippen MR) is 75.2 cm³/mol. The summed E-state index contributed by atoms with van der Waals surface area (Å²) in [6.07, 6.45) is 4.94. The van der Waals surface area contributed by atoms with Gasteiger partial charge >= 0.3 is 0 Å². The third-order valence-corrected chi connectivity index (χ3v) is 4.51. The van der Waals surface area contributed by atoms with E-state index in [9.17, 15) is 9.59 Å². The summed E-state index contributed by atoms with van der Waals surface area (Å²) in [6, 6.07) is 0.177. The standard InChI is InChI=1S/C14H21N5O2/c1-10(2)19-11(16-9-17-19)8-18-12(20)7-15-13(21)14(18)5-3-4-6-14/h9-10H,3-8H2,1-2H3,(H,15,21). The van der Waals surface area contributed by atoms with Crippen LogP contribution in [-0.4, -0.2) is 43.6 Å². The van der Waals surface area contributed by atoms with Crippen molar-refractivity contribution in [3.05, 3.63) is 12.2 Å². The van der Waals surface area contributed by atoms with Crippen LogP contribution in [0.1, 0.15) is 51.4 Å². The molecule has 1 aromatic heterocycles. The van der Waals surface area contributed by atoms with E-state index in [0.29, 0.717) is 6.54 Å². The van der Waals surface area contributed by atoms with Crippen molar-refractivity contribution in [1.82, 2.24) is 25.0 Å². The Labute approximate surface area is 123 Å². The minimum Gasteiger partial charge on any atom is -0.345 e. The monoisotopic (exact) mass is 291 g/mol. The average molecular weight is 291 g/mol. The van der Waals surface area contributed by atoms with Gasteiger partial charge in [-0.2, -0.15) is 5.10 Å². The molecule has 1 aliphatic carbocycles. The maximum Gasteiger partial charge on any atom is 0.246 e. The smallest absolute Gasteiger partial charge is 0.246 e. The average Bonchev–Trinajstić information content (AvgIpc) is 3.09. The predicted octanol–water partition coefficient (Wildman–Crippen LogP) is 0.630. The molecule has 1 aliphatic heterocycles. The van der Waals surface area contributed by atoms with Crippen molar-refractivity contribution < 1.29 is 9.59 Å². The second-order valence-corrected chi connectivity index (χ2v) is 6.12. The molecule has 114 valence electrons. The maximum absolute atomic E-state index is 12.4. The van der Waals surface area contributed by atoms with Crippen LogP contribution >= 0.6 is 0 Å². The van der Waals surface area contributed by atoms with Gasteiger partial charge in [-0.1, -0.05) is 12.8 Å². The molecule has 3 rings (SSSR count). The molecule has 0 unspecified atom stereocenters. The summed E-state index contributed by atoms with van der Waals surface area (Å²) in [5.74, 6) is 0.685. The highest BCUT2D eigenvalue weighted by molar-refractivity contribution is 5.98. The number of hydrogen-bond acceptors (Lipinski definition) is 4. The lowest BCUT2D eigenvalue weighted by Crippen LogP contribution is -2.65. The van der Waals surface area contributed by atoms with Crippen molar-refractivity contribution in [3.8, 4) is 0 Å². The molecule has 1 saturated heterocycles. The Morgan fingerprint density at radius 3 is 2.71 bits per heavy atom. The van der Waals surface area contributed by atoms with Crippen LogP contribution in [0.25, 0.3) is 0 Å². The topological polar surface area (TPSA) is 80.1 Å². The molecule has 2 aliphatic rings. The number of piperazine rings is 1. The summed E-state index contributed by atoms with van der Waals surface area (Å²) in [7, 11) is 0. The van der Waals surface area contributed by atoms with Crippen LogP contribution in [0.4, 0.5) is 0 Å². The third kappa shape index (κ3) is 2.20. The van der Waals surface area contributed by atoms with Crippen molar-refractivity contribution in [2.24, 2.45) is 0 Å². The lowest BCUT2D eigenvalue weighted by atomic mass is 9.91. The Morgan fingerprint density at radius 1 is 1.33 bits per heavy atom. The highest BCUT2D eigenvalue weighted by atomic mass is 16.2. The number of aromatic nitrogens is 3. The van der Waals surface area contributed by atoms with Crippen molar-refractivity contribution in [1.29, 1.82) is 0 Å². The van der Waals surface area contributed by atoms with E-state index in [0.717, 1.165) is 31.5 Å². The van der Waals surface area contributed by atoms with Gasteiger partial charge in [0.05, 0.1) is 13.1 Å². The zero-order valence-electron chi connectivity index (χ0n) is 12.5. The van der Waals surface area contributed by atoms with Gasteiger partial charge in [0, 0.05) is 6.04 Å². The Balaban J connectivity index is 1.92. The Morgan fingerprint density at radius 2 is 2.05 bits per heavy atom. The summed E-state index contributed by atoms with van der Waals surface area (Å²) in [5, 5.41) is 6.95. The first kappa shape index (κ1) is 14.0. The van der Waals surface area contributed by atoms with Gasteiger partial charge in [0.2, 0.25) is 11.8 Å².